The van der Waals surface area contributed by atoms with Gasteiger partial charge >= 0.3 is 0 Å². The summed E-state index contributed by atoms with van der Waals surface area (Å²) in [6.07, 6.45) is 1.25. The second kappa shape index (κ2) is 7.19. The van der Waals surface area contributed by atoms with Crippen molar-refractivity contribution >= 4 is 17.2 Å². The average molecular weight is 306 g/mol. The number of hydrogen-bond donors (Lipinski definition) is 2. The Bertz CT molecular complexity index is 593. The third-order valence-corrected chi connectivity index (χ3v) is 3.61. The number of rotatable bonds is 6. The number of hydrogen-bond acceptors (Lipinski definition) is 5. The van der Waals surface area contributed by atoms with Gasteiger partial charge in [-0.3, -0.25) is 4.79 Å². The van der Waals surface area contributed by atoms with E-state index in [0.29, 0.717) is 17.9 Å². The number of carbonyl (C=O) groups is 1. The van der Waals surface area contributed by atoms with Gasteiger partial charge in [0.2, 0.25) is 0 Å². The summed E-state index contributed by atoms with van der Waals surface area (Å²) in [4.78, 5) is 17.0. The van der Waals surface area contributed by atoms with Gasteiger partial charge in [0, 0.05) is 18.3 Å². The molecule has 0 fully saturated rings. The summed E-state index contributed by atoms with van der Waals surface area (Å²) < 4.78 is 5.64. The van der Waals surface area contributed by atoms with E-state index in [1.165, 1.54) is 0 Å². The highest BCUT2D eigenvalue weighted by atomic mass is 32.1. The van der Waals surface area contributed by atoms with Crippen LogP contribution in [0.4, 0.5) is 0 Å². The number of aryl methyl sites for hydroxylation is 1. The highest BCUT2D eigenvalue weighted by molar-refractivity contribution is 7.11. The van der Waals surface area contributed by atoms with Crippen molar-refractivity contribution in [2.75, 3.05) is 6.54 Å². The number of nitrogens with zero attached hydrogens (tertiary/aromatic N) is 1. The smallest absolute Gasteiger partial charge is 0.251 e. The van der Waals surface area contributed by atoms with Crippen LogP contribution in [0, 0.1) is 6.92 Å². The fourth-order valence-electron chi connectivity index (χ4n) is 1.67. The number of thiazole rings is 1. The normalized spacial score (nSPS) is 12.0. The molecule has 0 aliphatic carbocycles. The van der Waals surface area contributed by atoms with E-state index in [0.717, 1.165) is 9.88 Å². The Morgan fingerprint density at radius 1 is 1.43 bits per heavy atom. The Balaban J connectivity index is 1.88. The third-order valence-electron chi connectivity index (χ3n) is 2.72. The van der Waals surface area contributed by atoms with Crippen molar-refractivity contribution in [3.63, 3.8) is 0 Å². The first-order valence-electron chi connectivity index (χ1n) is 6.65. The van der Waals surface area contributed by atoms with Crippen molar-refractivity contribution in [2.24, 2.45) is 0 Å². The summed E-state index contributed by atoms with van der Waals surface area (Å²) in [5.74, 6) is 0.494. The van der Waals surface area contributed by atoms with E-state index in [1.807, 2.05) is 6.92 Å². The number of aromatic nitrogens is 1. The van der Waals surface area contributed by atoms with E-state index in [9.17, 15) is 4.79 Å². The van der Waals surface area contributed by atoms with Gasteiger partial charge in [-0.05, 0) is 38.1 Å². The van der Waals surface area contributed by atoms with Crippen LogP contribution in [0.5, 0.6) is 5.75 Å². The van der Waals surface area contributed by atoms with Gasteiger partial charge in [-0.15, -0.1) is 11.3 Å². The van der Waals surface area contributed by atoms with Gasteiger partial charge in [-0.2, -0.15) is 0 Å². The molecule has 0 bridgehead atoms. The summed E-state index contributed by atoms with van der Waals surface area (Å²) in [6, 6.07) is 6.91. The molecule has 1 aromatic carbocycles. The molecule has 1 amide bonds. The molecule has 2 rings (SSSR count). The molecule has 0 spiro atoms. The van der Waals surface area contributed by atoms with E-state index >= 15 is 0 Å². The van der Waals surface area contributed by atoms with Gasteiger partial charge in [0.25, 0.3) is 5.91 Å². The molecule has 0 aliphatic rings. The number of nitrogens with one attached hydrogen (secondary N) is 1. The van der Waals surface area contributed by atoms with Crippen LogP contribution in [0.25, 0.3) is 0 Å². The Morgan fingerprint density at radius 2 is 2.14 bits per heavy atom. The fourth-order valence-corrected chi connectivity index (χ4v) is 2.38. The van der Waals surface area contributed by atoms with Gasteiger partial charge in [0.1, 0.15) is 12.4 Å². The maximum atomic E-state index is 11.8. The molecule has 0 aliphatic heterocycles. The molecule has 2 N–H and O–H groups in total. The molecule has 0 saturated heterocycles. The topological polar surface area (TPSA) is 71.5 Å². The van der Waals surface area contributed by atoms with Gasteiger partial charge in [-0.25, -0.2) is 4.98 Å². The number of amides is 1. The maximum Gasteiger partial charge on any atom is 0.251 e. The zero-order chi connectivity index (χ0) is 15.2. The lowest BCUT2D eigenvalue weighted by atomic mass is 10.2. The first kappa shape index (κ1) is 15.5. The Kier molecular flexibility index (Phi) is 5.30. The van der Waals surface area contributed by atoms with Crippen LogP contribution < -0.4 is 10.1 Å². The van der Waals surface area contributed by atoms with Crippen LogP contribution in [0.2, 0.25) is 0 Å². The number of aliphatic hydroxyl groups excluding tert-OH is 1. The lowest BCUT2D eigenvalue weighted by Crippen LogP contribution is -2.30. The van der Waals surface area contributed by atoms with Crippen LogP contribution in [-0.2, 0) is 6.61 Å². The van der Waals surface area contributed by atoms with Gasteiger partial charge < -0.3 is 15.2 Å². The highest BCUT2D eigenvalue weighted by Crippen LogP contribution is 2.17. The monoisotopic (exact) mass is 306 g/mol. The van der Waals surface area contributed by atoms with E-state index in [1.54, 1.807) is 48.7 Å². The predicted octanol–water partition coefficient (Wildman–Crippen LogP) is 2.14. The van der Waals surface area contributed by atoms with Crippen molar-refractivity contribution in [2.45, 2.75) is 26.6 Å². The maximum absolute atomic E-state index is 11.8. The lowest BCUT2D eigenvalue weighted by Gasteiger charge is -2.08. The van der Waals surface area contributed by atoms with Crippen molar-refractivity contribution < 1.29 is 14.6 Å². The quantitative estimate of drug-likeness (QED) is 0.858. The third kappa shape index (κ3) is 4.84. The first-order valence-corrected chi connectivity index (χ1v) is 7.46. The molecule has 5 nitrogen and oxygen atoms in total. The summed E-state index contributed by atoms with van der Waals surface area (Å²) in [7, 11) is 0. The molecular formula is C15H18N2O3S. The Hall–Kier alpha value is -1.92. The zero-order valence-corrected chi connectivity index (χ0v) is 12.8. The minimum Gasteiger partial charge on any atom is -0.488 e. The summed E-state index contributed by atoms with van der Waals surface area (Å²) in [5, 5.41) is 12.8. The van der Waals surface area contributed by atoms with Gasteiger partial charge in [0.05, 0.1) is 16.0 Å². The predicted molar refractivity (Wildman–Crippen MR) is 81.6 cm³/mol. The molecule has 1 aromatic heterocycles. The minimum absolute atomic E-state index is 0.208. The standard InChI is InChI=1S/C15H18N2O3S/c1-10(18)7-17-15(19)12-3-5-13(6-4-12)20-9-14-8-16-11(2)21-14/h3-6,8,10,18H,7,9H2,1-2H3,(H,17,19)/t10-/m0/s1. The average Bonchev–Trinajstić information content (AvgIpc) is 2.89. The number of ether oxygens (including phenoxy) is 1. The SMILES string of the molecule is Cc1ncc(COc2ccc(C(=O)NC[C@H](C)O)cc2)s1. The molecule has 0 saturated carbocycles. The Labute approximate surface area is 127 Å². The summed E-state index contributed by atoms with van der Waals surface area (Å²) in [6.45, 7) is 4.29. The number of carbonyl (C=O) groups excluding carboxylic acids is 1. The van der Waals surface area contributed by atoms with Crippen molar-refractivity contribution in [3.05, 3.63) is 45.9 Å². The molecule has 0 unspecified atom stereocenters. The van der Waals surface area contributed by atoms with E-state index in [-0.39, 0.29) is 12.5 Å². The number of aliphatic hydroxyl groups is 1. The largest absolute Gasteiger partial charge is 0.488 e. The van der Waals surface area contributed by atoms with Crippen molar-refractivity contribution in [1.82, 2.24) is 10.3 Å². The second-order valence-electron chi connectivity index (χ2n) is 4.72. The molecule has 21 heavy (non-hydrogen) atoms. The van der Waals surface area contributed by atoms with Crippen LogP contribution in [-0.4, -0.2) is 28.6 Å². The molecule has 1 heterocycles. The molecule has 2 aromatic rings. The summed E-state index contributed by atoms with van der Waals surface area (Å²) in [5.41, 5.74) is 0.539. The molecule has 0 radical (unpaired) electrons. The zero-order valence-electron chi connectivity index (χ0n) is 12.0. The highest BCUT2D eigenvalue weighted by Gasteiger charge is 2.07. The lowest BCUT2D eigenvalue weighted by molar-refractivity contribution is 0.0924. The van der Waals surface area contributed by atoms with E-state index in [2.05, 4.69) is 10.3 Å². The fraction of sp³-hybridized carbons (Fsp3) is 0.333. The van der Waals surface area contributed by atoms with Crippen LogP contribution in [0.1, 0.15) is 27.2 Å². The Morgan fingerprint density at radius 3 is 2.71 bits per heavy atom. The first-order chi connectivity index (χ1) is 10.0. The van der Waals surface area contributed by atoms with Crippen molar-refractivity contribution in [3.8, 4) is 5.75 Å². The molecule has 6 heteroatoms. The van der Waals surface area contributed by atoms with E-state index in [4.69, 9.17) is 9.84 Å². The van der Waals surface area contributed by atoms with Crippen molar-refractivity contribution in [1.29, 1.82) is 0 Å². The molecule has 112 valence electrons. The van der Waals surface area contributed by atoms with Gasteiger partial charge in [-0.1, -0.05) is 0 Å². The van der Waals surface area contributed by atoms with Gasteiger partial charge in [0.15, 0.2) is 0 Å². The molecule has 1 atom stereocenters. The second-order valence-corrected chi connectivity index (χ2v) is 6.04. The number of benzene rings is 1. The minimum atomic E-state index is -0.556. The molecular weight excluding hydrogens is 288 g/mol. The van der Waals surface area contributed by atoms with Crippen LogP contribution in [0.15, 0.2) is 30.5 Å². The van der Waals surface area contributed by atoms with E-state index < -0.39 is 6.10 Å². The van der Waals surface area contributed by atoms with Crippen LogP contribution >= 0.6 is 11.3 Å². The van der Waals surface area contributed by atoms with Crippen LogP contribution in [0.3, 0.4) is 0 Å². The summed E-state index contributed by atoms with van der Waals surface area (Å²) >= 11 is 1.60.